The van der Waals surface area contributed by atoms with Crippen LogP contribution in [0.1, 0.15) is 19.8 Å². The molecular formula is C9H19NO2. The van der Waals surface area contributed by atoms with Crippen LogP contribution in [0.2, 0.25) is 0 Å². The predicted molar refractivity (Wildman–Crippen MR) is 48.0 cm³/mol. The predicted octanol–water partition coefficient (Wildman–Crippen LogP) is 0.775. The second-order valence-corrected chi connectivity index (χ2v) is 3.57. The number of rotatable bonds is 3. The average molecular weight is 173 g/mol. The summed E-state index contributed by atoms with van der Waals surface area (Å²) < 4.78 is 10.7. The van der Waals surface area contributed by atoms with Crippen molar-refractivity contribution in [3.8, 4) is 0 Å². The first-order valence-electron chi connectivity index (χ1n) is 4.62. The minimum absolute atomic E-state index is 0.193. The maximum atomic E-state index is 5.93. The summed E-state index contributed by atoms with van der Waals surface area (Å²) in [6.07, 6.45) is 2.37. The fourth-order valence-electron chi connectivity index (χ4n) is 1.77. The minimum Gasteiger partial charge on any atom is -0.384 e. The largest absolute Gasteiger partial charge is 0.384 e. The SMILES string of the molecule is COCC(C)C1OCCCC1N. The molecule has 1 heterocycles. The van der Waals surface area contributed by atoms with Gasteiger partial charge in [-0.05, 0) is 12.8 Å². The van der Waals surface area contributed by atoms with Crippen LogP contribution >= 0.6 is 0 Å². The van der Waals surface area contributed by atoms with Gasteiger partial charge in [0.25, 0.3) is 0 Å². The fourth-order valence-corrected chi connectivity index (χ4v) is 1.77. The maximum absolute atomic E-state index is 5.93. The summed E-state index contributed by atoms with van der Waals surface area (Å²) in [7, 11) is 1.71. The lowest BCUT2D eigenvalue weighted by Crippen LogP contribution is -2.45. The smallest absolute Gasteiger partial charge is 0.0773 e. The Bertz CT molecular complexity index is 130. The van der Waals surface area contributed by atoms with Crippen molar-refractivity contribution in [2.45, 2.75) is 31.9 Å². The van der Waals surface area contributed by atoms with E-state index < -0.39 is 0 Å². The van der Waals surface area contributed by atoms with Crippen LogP contribution in [0, 0.1) is 5.92 Å². The monoisotopic (exact) mass is 173 g/mol. The molecule has 0 amide bonds. The van der Waals surface area contributed by atoms with Crippen molar-refractivity contribution in [2.75, 3.05) is 20.3 Å². The van der Waals surface area contributed by atoms with E-state index in [9.17, 15) is 0 Å². The second-order valence-electron chi connectivity index (χ2n) is 3.57. The summed E-state index contributed by atoms with van der Waals surface area (Å²) in [4.78, 5) is 0. The van der Waals surface area contributed by atoms with Gasteiger partial charge in [0.05, 0.1) is 12.7 Å². The molecule has 1 aliphatic rings. The van der Waals surface area contributed by atoms with Gasteiger partial charge in [-0.15, -0.1) is 0 Å². The highest BCUT2D eigenvalue weighted by Crippen LogP contribution is 2.19. The van der Waals surface area contributed by atoms with Crippen molar-refractivity contribution in [2.24, 2.45) is 11.7 Å². The molecule has 0 spiro atoms. The third-order valence-corrected chi connectivity index (χ3v) is 2.40. The molecule has 3 heteroatoms. The van der Waals surface area contributed by atoms with Crippen LogP contribution in [0.5, 0.6) is 0 Å². The van der Waals surface area contributed by atoms with E-state index in [1.165, 1.54) is 0 Å². The summed E-state index contributed by atoms with van der Waals surface area (Å²) >= 11 is 0. The number of hydrogen-bond acceptors (Lipinski definition) is 3. The zero-order valence-corrected chi connectivity index (χ0v) is 7.95. The molecule has 0 bridgehead atoms. The first-order valence-corrected chi connectivity index (χ1v) is 4.62. The highest BCUT2D eigenvalue weighted by atomic mass is 16.5. The Labute approximate surface area is 74.2 Å². The third-order valence-electron chi connectivity index (χ3n) is 2.40. The molecule has 0 aliphatic carbocycles. The topological polar surface area (TPSA) is 44.5 Å². The molecule has 2 N–H and O–H groups in total. The van der Waals surface area contributed by atoms with Gasteiger partial charge in [-0.2, -0.15) is 0 Å². The van der Waals surface area contributed by atoms with Gasteiger partial charge in [0.15, 0.2) is 0 Å². The van der Waals surface area contributed by atoms with Crippen LogP contribution in [-0.2, 0) is 9.47 Å². The molecule has 1 fully saturated rings. The van der Waals surface area contributed by atoms with Gasteiger partial charge in [-0.25, -0.2) is 0 Å². The Morgan fingerprint density at radius 1 is 1.67 bits per heavy atom. The molecular weight excluding hydrogens is 154 g/mol. The van der Waals surface area contributed by atoms with Crippen LogP contribution in [0.3, 0.4) is 0 Å². The lowest BCUT2D eigenvalue weighted by atomic mass is 9.94. The van der Waals surface area contributed by atoms with Crippen LogP contribution in [0.4, 0.5) is 0 Å². The van der Waals surface area contributed by atoms with E-state index in [0.29, 0.717) is 5.92 Å². The van der Waals surface area contributed by atoms with Gasteiger partial charge < -0.3 is 15.2 Å². The molecule has 0 aromatic heterocycles. The van der Waals surface area contributed by atoms with Gasteiger partial charge in [0.1, 0.15) is 0 Å². The quantitative estimate of drug-likeness (QED) is 0.685. The Morgan fingerprint density at radius 2 is 2.42 bits per heavy atom. The van der Waals surface area contributed by atoms with Gasteiger partial charge in [-0.1, -0.05) is 6.92 Å². The molecule has 1 rings (SSSR count). The number of nitrogens with two attached hydrogens (primary N) is 1. The highest BCUT2D eigenvalue weighted by Gasteiger charge is 2.27. The van der Waals surface area contributed by atoms with E-state index in [1.54, 1.807) is 7.11 Å². The van der Waals surface area contributed by atoms with E-state index in [4.69, 9.17) is 15.2 Å². The Hall–Kier alpha value is -0.120. The third kappa shape index (κ3) is 2.44. The minimum atomic E-state index is 0.193. The van der Waals surface area contributed by atoms with Crippen molar-refractivity contribution in [1.29, 1.82) is 0 Å². The van der Waals surface area contributed by atoms with E-state index >= 15 is 0 Å². The molecule has 3 unspecified atom stereocenters. The van der Waals surface area contributed by atoms with E-state index in [2.05, 4.69) is 6.92 Å². The van der Waals surface area contributed by atoms with Crippen molar-refractivity contribution in [1.82, 2.24) is 0 Å². The second kappa shape index (κ2) is 4.80. The van der Waals surface area contributed by atoms with Crippen molar-refractivity contribution < 1.29 is 9.47 Å². The Morgan fingerprint density at radius 3 is 3.00 bits per heavy atom. The van der Waals surface area contributed by atoms with Crippen molar-refractivity contribution >= 4 is 0 Å². The highest BCUT2D eigenvalue weighted by molar-refractivity contribution is 4.81. The van der Waals surface area contributed by atoms with Crippen LogP contribution in [-0.4, -0.2) is 32.5 Å². The average Bonchev–Trinajstić information content (AvgIpc) is 2.05. The van der Waals surface area contributed by atoms with Crippen LogP contribution in [0.25, 0.3) is 0 Å². The van der Waals surface area contributed by atoms with Crippen molar-refractivity contribution in [3.63, 3.8) is 0 Å². The summed E-state index contributed by atoms with van der Waals surface area (Å²) in [5.41, 5.74) is 5.93. The number of hydrogen-bond donors (Lipinski definition) is 1. The molecule has 1 saturated heterocycles. The Balaban J connectivity index is 2.36. The van der Waals surface area contributed by atoms with Gasteiger partial charge >= 0.3 is 0 Å². The molecule has 0 radical (unpaired) electrons. The lowest BCUT2D eigenvalue weighted by molar-refractivity contribution is -0.0473. The standard InChI is InChI=1S/C9H19NO2/c1-7(6-11-2)9-8(10)4-3-5-12-9/h7-9H,3-6,10H2,1-2H3. The van der Waals surface area contributed by atoms with Crippen molar-refractivity contribution in [3.05, 3.63) is 0 Å². The summed E-state index contributed by atoms with van der Waals surface area (Å²) in [6.45, 7) is 3.71. The zero-order valence-electron chi connectivity index (χ0n) is 7.95. The van der Waals surface area contributed by atoms with Crippen LogP contribution in [0.15, 0.2) is 0 Å². The molecule has 1 aliphatic heterocycles. The molecule has 0 aromatic rings. The van der Waals surface area contributed by atoms with Gasteiger partial charge in [-0.3, -0.25) is 0 Å². The van der Waals surface area contributed by atoms with E-state index in [1.807, 2.05) is 0 Å². The molecule has 3 nitrogen and oxygen atoms in total. The van der Waals surface area contributed by atoms with E-state index in [0.717, 1.165) is 26.1 Å². The summed E-state index contributed by atoms with van der Waals surface area (Å²) in [6, 6.07) is 0.198. The molecule has 12 heavy (non-hydrogen) atoms. The van der Waals surface area contributed by atoms with Gasteiger partial charge in [0, 0.05) is 25.7 Å². The Kier molecular flexibility index (Phi) is 3.98. The number of ether oxygens (including phenoxy) is 2. The van der Waals surface area contributed by atoms with E-state index in [-0.39, 0.29) is 12.1 Å². The van der Waals surface area contributed by atoms with Gasteiger partial charge in [0.2, 0.25) is 0 Å². The normalized spacial score (nSPS) is 33.2. The molecule has 0 saturated carbocycles. The lowest BCUT2D eigenvalue weighted by Gasteiger charge is -2.33. The first-order chi connectivity index (χ1) is 5.75. The fraction of sp³-hybridized carbons (Fsp3) is 1.00. The zero-order chi connectivity index (χ0) is 8.97. The summed E-state index contributed by atoms with van der Waals surface area (Å²) in [5, 5.41) is 0. The summed E-state index contributed by atoms with van der Waals surface area (Å²) in [5.74, 6) is 0.408. The van der Waals surface area contributed by atoms with Crippen LogP contribution < -0.4 is 5.73 Å². The molecule has 0 aromatic carbocycles. The molecule has 3 atom stereocenters. The maximum Gasteiger partial charge on any atom is 0.0773 e. The number of methoxy groups -OCH3 is 1. The first kappa shape index (κ1) is 9.96. The molecule has 72 valence electrons.